The van der Waals surface area contributed by atoms with Crippen molar-refractivity contribution in [1.82, 2.24) is 0 Å². The number of carbonyl (C=O) groups is 1. The van der Waals surface area contributed by atoms with Crippen LogP contribution in [-0.2, 0) is 11.2 Å². The van der Waals surface area contributed by atoms with Crippen molar-refractivity contribution >= 4 is 5.78 Å². The van der Waals surface area contributed by atoms with E-state index >= 15 is 0 Å². The van der Waals surface area contributed by atoms with Crippen molar-refractivity contribution in [1.29, 1.82) is 0 Å². The Morgan fingerprint density at radius 3 is 2.67 bits per heavy atom. The van der Waals surface area contributed by atoms with Crippen LogP contribution in [-0.4, -0.2) is 5.78 Å². The standard InChI is InChI=1S/C13H15FO/c1-9-3-4-12(14)7-11(9)8-13(5-6-13)10(2)15/h3-4,7H,5-6,8H2,1-2H3. The third-order valence-electron chi connectivity index (χ3n) is 3.44. The molecule has 0 amide bonds. The molecule has 2 heteroatoms. The average molecular weight is 206 g/mol. The summed E-state index contributed by atoms with van der Waals surface area (Å²) in [7, 11) is 0. The fraction of sp³-hybridized carbons (Fsp3) is 0.462. The number of benzene rings is 1. The summed E-state index contributed by atoms with van der Waals surface area (Å²) in [5.41, 5.74) is 1.88. The van der Waals surface area contributed by atoms with Crippen LogP contribution in [0.4, 0.5) is 4.39 Å². The summed E-state index contributed by atoms with van der Waals surface area (Å²) in [4.78, 5) is 11.4. The molecule has 0 radical (unpaired) electrons. The number of ketones is 1. The molecular weight excluding hydrogens is 191 g/mol. The zero-order chi connectivity index (χ0) is 11.1. The van der Waals surface area contributed by atoms with Crippen molar-refractivity contribution in [2.75, 3.05) is 0 Å². The Bertz CT molecular complexity index is 405. The summed E-state index contributed by atoms with van der Waals surface area (Å²) in [6.07, 6.45) is 2.61. The molecule has 1 aromatic carbocycles. The van der Waals surface area contributed by atoms with Crippen molar-refractivity contribution in [2.24, 2.45) is 5.41 Å². The lowest BCUT2D eigenvalue weighted by Crippen LogP contribution is -2.15. The van der Waals surface area contributed by atoms with Crippen LogP contribution in [0.15, 0.2) is 18.2 Å². The Morgan fingerprint density at radius 2 is 2.13 bits per heavy atom. The van der Waals surface area contributed by atoms with Crippen LogP contribution in [0.1, 0.15) is 30.9 Å². The first-order chi connectivity index (χ1) is 7.03. The predicted molar refractivity (Wildman–Crippen MR) is 57.2 cm³/mol. The summed E-state index contributed by atoms with van der Waals surface area (Å²) in [6, 6.07) is 4.80. The lowest BCUT2D eigenvalue weighted by atomic mass is 9.91. The molecule has 0 N–H and O–H groups in total. The van der Waals surface area contributed by atoms with Crippen LogP contribution in [0.5, 0.6) is 0 Å². The minimum Gasteiger partial charge on any atom is -0.299 e. The highest BCUT2D eigenvalue weighted by Gasteiger charge is 2.47. The highest BCUT2D eigenvalue weighted by molar-refractivity contribution is 5.85. The maximum atomic E-state index is 13.1. The number of rotatable bonds is 3. The molecule has 1 nitrogen and oxygen atoms in total. The molecule has 0 aromatic heterocycles. The van der Waals surface area contributed by atoms with Gasteiger partial charge in [-0.15, -0.1) is 0 Å². The number of hydrogen-bond donors (Lipinski definition) is 0. The average Bonchev–Trinajstić information content (AvgIpc) is 2.92. The Balaban J connectivity index is 2.24. The second kappa shape index (κ2) is 3.44. The van der Waals surface area contributed by atoms with E-state index in [1.165, 1.54) is 6.07 Å². The third kappa shape index (κ3) is 1.94. The van der Waals surface area contributed by atoms with Crippen molar-refractivity contribution in [3.63, 3.8) is 0 Å². The Labute approximate surface area is 89.3 Å². The number of Topliss-reactive ketones (excluding diaryl/α,β-unsaturated/α-hetero) is 1. The summed E-state index contributed by atoms with van der Waals surface area (Å²) >= 11 is 0. The van der Waals surface area contributed by atoms with E-state index in [1.807, 2.05) is 6.92 Å². The first kappa shape index (κ1) is 10.3. The first-order valence-electron chi connectivity index (χ1n) is 5.30. The molecule has 15 heavy (non-hydrogen) atoms. The van der Waals surface area contributed by atoms with E-state index in [9.17, 15) is 9.18 Å². The van der Waals surface area contributed by atoms with Crippen LogP contribution >= 0.6 is 0 Å². The molecule has 1 fully saturated rings. The maximum absolute atomic E-state index is 13.1. The SMILES string of the molecule is CC(=O)C1(Cc2cc(F)ccc2C)CC1. The van der Waals surface area contributed by atoms with Crippen LogP contribution in [0.25, 0.3) is 0 Å². The Hall–Kier alpha value is -1.18. The van der Waals surface area contributed by atoms with Crippen LogP contribution in [0, 0.1) is 18.2 Å². The third-order valence-corrected chi connectivity index (χ3v) is 3.44. The van der Waals surface area contributed by atoms with Crippen molar-refractivity contribution < 1.29 is 9.18 Å². The summed E-state index contributed by atoms with van der Waals surface area (Å²) in [5, 5.41) is 0. The molecule has 0 atom stereocenters. The maximum Gasteiger partial charge on any atom is 0.136 e. The van der Waals surface area contributed by atoms with Crippen molar-refractivity contribution in [2.45, 2.75) is 33.1 Å². The first-order valence-corrected chi connectivity index (χ1v) is 5.30. The lowest BCUT2D eigenvalue weighted by molar-refractivity contribution is -0.121. The van der Waals surface area contributed by atoms with Gasteiger partial charge in [0, 0.05) is 5.41 Å². The van der Waals surface area contributed by atoms with E-state index in [0.717, 1.165) is 24.0 Å². The van der Waals surface area contributed by atoms with Gasteiger partial charge in [-0.3, -0.25) is 4.79 Å². The van der Waals surface area contributed by atoms with Crippen LogP contribution in [0.3, 0.4) is 0 Å². The topological polar surface area (TPSA) is 17.1 Å². The van der Waals surface area contributed by atoms with E-state index < -0.39 is 0 Å². The quantitative estimate of drug-likeness (QED) is 0.742. The Kier molecular flexibility index (Phi) is 2.37. The highest BCUT2D eigenvalue weighted by atomic mass is 19.1. The molecule has 80 valence electrons. The van der Waals surface area contributed by atoms with Gasteiger partial charge in [0.15, 0.2) is 0 Å². The number of aryl methyl sites for hydroxylation is 1. The van der Waals surface area contributed by atoms with Gasteiger partial charge >= 0.3 is 0 Å². The van der Waals surface area contributed by atoms with Crippen molar-refractivity contribution in [3.05, 3.63) is 35.1 Å². The molecule has 0 spiro atoms. The van der Waals surface area contributed by atoms with E-state index in [-0.39, 0.29) is 17.0 Å². The van der Waals surface area contributed by atoms with Gasteiger partial charge in [-0.2, -0.15) is 0 Å². The molecule has 1 saturated carbocycles. The molecule has 0 unspecified atom stereocenters. The molecule has 0 aliphatic heterocycles. The second-order valence-corrected chi connectivity index (χ2v) is 4.58. The van der Waals surface area contributed by atoms with E-state index in [1.54, 1.807) is 19.1 Å². The molecular formula is C13H15FO. The van der Waals surface area contributed by atoms with Gasteiger partial charge in [-0.1, -0.05) is 6.07 Å². The van der Waals surface area contributed by atoms with Gasteiger partial charge in [0.05, 0.1) is 0 Å². The van der Waals surface area contributed by atoms with Gasteiger partial charge < -0.3 is 0 Å². The smallest absolute Gasteiger partial charge is 0.136 e. The molecule has 1 aliphatic rings. The number of halogens is 1. The fourth-order valence-electron chi connectivity index (χ4n) is 2.00. The normalized spacial score (nSPS) is 17.5. The largest absolute Gasteiger partial charge is 0.299 e. The molecule has 0 heterocycles. The molecule has 1 aromatic rings. The summed E-state index contributed by atoms with van der Waals surface area (Å²) < 4.78 is 13.1. The minimum absolute atomic E-state index is 0.168. The summed E-state index contributed by atoms with van der Waals surface area (Å²) in [5.74, 6) is 0.0288. The zero-order valence-corrected chi connectivity index (χ0v) is 9.14. The fourth-order valence-corrected chi connectivity index (χ4v) is 2.00. The van der Waals surface area contributed by atoms with E-state index in [4.69, 9.17) is 0 Å². The predicted octanol–water partition coefficient (Wildman–Crippen LogP) is 3.05. The van der Waals surface area contributed by atoms with Gasteiger partial charge in [-0.25, -0.2) is 4.39 Å². The van der Waals surface area contributed by atoms with Gasteiger partial charge in [0.2, 0.25) is 0 Å². The van der Waals surface area contributed by atoms with E-state index in [0.29, 0.717) is 6.42 Å². The lowest BCUT2D eigenvalue weighted by Gasteiger charge is -2.13. The highest BCUT2D eigenvalue weighted by Crippen LogP contribution is 2.49. The second-order valence-electron chi connectivity index (χ2n) is 4.58. The van der Waals surface area contributed by atoms with Crippen LogP contribution < -0.4 is 0 Å². The van der Waals surface area contributed by atoms with E-state index in [2.05, 4.69) is 0 Å². The van der Waals surface area contributed by atoms with Gasteiger partial charge in [0.25, 0.3) is 0 Å². The summed E-state index contributed by atoms with van der Waals surface area (Å²) in [6.45, 7) is 3.60. The van der Waals surface area contributed by atoms with Gasteiger partial charge in [-0.05, 0) is 56.4 Å². The number of hydrogen-bond acceptors (Lipinski definition) is 1. The molecule has 2 rings (SSSR count). The minimum atomic E-state index is -0.213. The van der Waals surface area contributed by atoms with Crippen LogP contribution in [0.2, 0.25) is 0 Å². The van der Waals surface area contributed by atoms with Gasteiger partial charge in [0.1, 0.15) is 11.6 Å². The Morgan fingerprint density at radius 1 is 1.47 bits per heavy atom. The zero-order valence-electron chi connectivity index (χ0n) is 9.14. The monoisotopic (exact) mass is 206 g/mol. The number of carbonyl (C=O) groups excluding carboxylic acids is 1. The molecule has 1 aliphatic carbocycles. The molecule has 0 saturated heterocycles. The molecule has 0 bridgehead atoms. The van der Waals surface area contributed by atoms with Crippen molar-refractivity contribution in [3.8, 4) is 0 Å².